The van der Waals surface area contributed by atoms with Crippen LogP contribution in [0, 0.1) is 0 Å². The number of hydrogen-bond acceptors (Lipinski definition) is 6. The normalized spacial score (nSPS) is 18.3. The molecule has 0 aromatic carbocycles. The van der Waals surface area contributed by atoms with Gasteiger partial charge in [-0.15, -0.1) is 10.2 Å². The molecule has 2 aromatic rings. The van der Waals surface area contributed by atoms with E-state index in [-0.39, 0.29) is 5.91 Å². The quantitative estimate of drug-likeness (QED) is 0.869. The summed E-state index contributed by atoms with van der Waals surface area (Å²) in [5.41, 5.74) is 0.448. The third-order valence-corrected chi connectivity index (χ3v) is 5.09. The van der Waals surface area contributed by atoms with Gasteiger partial charge < -0.3 is 10.6 Å². The van der Waals surface area contributed by atoms with Crippen molar-refractivity contribution < 1.29 is 4.79 Å². The van der Waals surface area contributed by atoms with Crippen LogP contribution in [0.3, 0.4) is 0 Å². The number of hydrogen-bond donors (Lipinski definition) is 2. The van der Waals surface area contributed by atoms with Crippen LogP contribution in [0.25, 0.3) is 0 Å². The lowest BCUT2D eigenvalue weighted by molar-refractivity contribution is 0.0944. The van der Waals surface area contributed by atoms with Gasteiger partial charge in [-0.05, 0) is 25.5 Å². The van der Waals surface area contributed by atoms with Crippen molar-refractivity contribution in [1.82, 2.24) is 30.6 Å². The maximum Gasteiger partial charge on any atom is 0.272 e. The second kappa shape index (κ2) is 7.18. The van der Waals surface area contributed by atoms with Gasteiger partial charge in [0.15, 0.2) is 0 Å². The molecule has 1 aliphatic rings. The predicted molar refractivity (Wildman–Crippen MR) is 88.5 cm³/mol. The molecule has 1 aliphatic heterocycles. The fourth-order valence-corrected chi connectivity index (χ4v) is 3.32. The monoisotopic (exact) mass is 334 g/mol. The SMILES string of the molecule is CC(C)c1nnc(CNC(=O)c2ccn(C3CCCNC3)n2)s1. The molecule has 7 nitrogen and oxygen atoms in total. The molecule has 0 spiro atoms. The largest absolute Gasteiger partial charge is 0.344 e. The van der Waals surface area contributed by atoms with Gasteiger partial charge in [-0.1, -0.05) is 25.2 Å². The van der Waals surface area contributed by atoms with E-state index < -0.39 is 0 Å². The van der Waals surface area contributed by atoms with Gasteiger partial charge >= 0.3 is 0 Å². The first-order valence-electron chi connectivity index (χ1n) is 8.00. The standard InChI is InChI=1S/C15H22N6OS/c1-10(2)15-19-18-13(23-15)9-17-14(22)12-5-7-21(20-12)11-4-3-6-16-8-11/h5,7,10-11,16H,3-4,6,8-9H2,1-2H3,(H,17,22). The number of carbonyl (C=O) groups excluding carboxylic acids is 1. The highest BCUT2D eigenvalue weighted by Crippen LogP contribution is 2.19. The van der Waals surface area contributed by atoms with Crippen LogP contribution in [0.15, 0.2) is 12.3 Å². The van der Waals surface area contributed by atoms with Crippen molar-refractivity contribution >= 4 is 17.2 Å². The highest BCUT2D eigenvalue weighted by atomic mass is 32.1. The average molecular weight is 334 g/mol. The molecule has 1 amide bonds. The highest BCUT2D eigenvalue weighted by Gasteiger charge is 2.18. The van der Waals surface area contributed by atoms with E-state index in [2.05, 4.69) is 39.8 Å². The van der Waals surface area contributed by atoms with E-state index in [9.17, 15) is 4.79 Å². The Labute approximate surface area is 139 Å². The smallest absolute Gasteiger partial charge is 0.272 e. The summed E-state index contributed by atoms with van der Waals surface area (Å²) in [5.74, 6) is 0.186. The summed E-state index contributed by atoms with van der Waals surface area (Å²) in [6, 6.07) is 2.10. The first kappa shape index (κ1) is 16.1. The minimum atomic E-state index is -0.172. The predicted octanol–water partition coefficient (Wildman–Crippen LogP) is 1.71. The Morgan fingerprint density at radius 2 is 2.39 bits per heavy atom. The number of aromatic nitrogens is 4. The zero-order valence-corrected chi connectivity index (χ0v) is 14.3. The Morgan fingerprint density at radius 3 is 3.09 bits per heavy atom. The second-order valence-electron chi connectivity index (χ2n) is 6.05. The Bertz CT molecular complexity index is 658. The molecule has 0 bridgehead atoms. The molecule has 124 valence electrons. The number of nitrogens with zero attached hydrogens (tertiary/aromatic N) is 4. The Kier molecular flexibility index (Phi) is 5.02. The van der Waals surface area contributed by atoms with Crippen LogP contribution >= 0.6 is 11.3 Å². The van der Waals surface area contributed by atoms with E-state index in [1.54, 1.807) is 6.07 Å². The van der Waals surface area contributed by atoms with Crippen LogP contribution in [0.4, 0.5) is 0 Å². The fraction of sp³-hybridized carbons (Fsp3) is 0.600. The lowest BCUT2D eigenvalue weighted by atomic mass is 10.1. The molecule has 1 fully saturated rings. The van der Waals surface area contributed by atoms with E-state index in [0.29, 0.717) is 24.2 Å². The lowest BCUT2D eigenvalue weighted by Gasteiger charge is -2.22. The summed E-state index contributed by atoms with van der Waals surface area (Å²) < 4.78 is 1.89. The van der Waals surface area contributed by atoms with Crippen LogP contribution in [-0.4, -0.2) is 39.0 Å². The molecule has 1 unspecified atom stereocenters. The Hall–Kier alpha value is -1.80. The summed E-state index contributed by atoms with van der Waals surface area (Å²) in [4.78, 5) is 12.2. The molecule has 0 saturated carbocycles. The Morgan fingerprint density at radius 1 is 1.52 bits per heavy atom. The van der Waals surface area contributed by atoms with Gasteiger partial charge in [0.05, 0.1) is 12.6 Å². The van der Waals surface area contributed by atoms with Crippen molar-refractivity contribution in [3.8, 4) is 0 Å². The number of carbonyl (C=O) groups is 1. The maximum absolute atomic E-state index is 12.2. The van der Waals surface area contributed by atoms with Gasteiger partial charge in [-0.3, -0.25) is 9.48 Å². The van der Waals surface area contributed by atoms with Crippen molar-refractivity contribution in [2.75, 3.05) is 13.1 Å². The van der Waals surface area contributed by atoms with E-state index in [1.165, 1.54) is 11.3 Å². The maximum atomic E-state index is 12.2. The first-order chi connectivity index (χ1) is 11.1. The lowest BCUT2D eigenvalue weighted by Crippen LogP contribution is -2.32. The van der Waals surface area contributed by atoms with Gasteiger partial charge in [0.25, 0.3) is 5.91 Å². The molecule has 8 heteroatoms. The third kappa shape index (κ3) is 3.94. The zero-order valence-electron chi connectivity index (χ0n) is 13.5. The molecule has 2 N–H and O–H groups in total. The highest BCUT2D eigenvalue weighted by molar-refractivity contribution is 7.11. The fourth-order valence-electron chi connectivity index (χ4n) is 2.54. The molecule has 1 saturated heterocycles. The number of piperidine rings is 1. The van der Waals surface area contributed by atoms with Gasteiger partial charge in [-0.25, -0.2) is 0 Å². The van der Waals surface area contributed by atoms with Gasteiger partial charge in [-0.2, -0.15) is 5.10 Å². The van der Waals surface area contributed by atoms with Crippen molar-refractivity contribution in [1.29, 1.82) is 0 Å². The van der Waals surface area contributed by atoms with E-state index in [0.717, 1.165) is 35.9 Å². The second-order valence-corrected chi connectivity index (χ2v) is 7.15. The first-order valence-corrected chi connectivity index (χ1v) is 8.81. The van der Waals surface area contributed by atoms with Crippen molar-refractivity contribution in [3.63, 3.8) is 0 Å². The summed E-state index contributed by atoms with van der Waals surface area (Å²) >= 11 is 1.54. The van der Waals surface area contributed by atoms with Gasteiger partial charge in [0.2, 0.25) is 0 Å². The van der Waals surface area contributed by atoms with Crippen molar-refractivity contribution in [2.24, 2.45) is 0 Å². The van der Waals surface area contributed by atoms with Crippen LogP contribution in [0.5, 0.6) is 0 Å². The number of amides is 1. The van der Waals surface area contributed by atoms with Gasteiger partial charge in [0, 0.05) is 18.7 Å². The minimum Gasteiger partial charge on any atom is -0.344 e. The van der Waals surface area contributed by atoms with Crippen LogP contribution in [-0.2, 0) is 6.54 Å². The molecule has 1 atom stereocenters. The molecular formula is C15H22N6OS. The molecule has 0 aliphatic carbocycles. The summed E-state index contributed by atoms with van der Waals surface area (Å²) in [6.07, 6.45) is 4.12. The van der Waals surface area contributed by atoms with Gasteiger partial charge in [0.1, 0.15) is 15.7 Å². The minimum absolute atomic E-state index is 0.172. The molecule has 23 heavy (non-hydrogen) atoms. The van der Waals surface area contributed by atoms with Crippen LogP contribution < -0.4 is 10.6 Å². The van der Waals surface area contributed by atoms with Crippen molar-refractivity contribution in [3.05, 3.63) is 28.0 Å². The molecule has 3 rings (SSSR count). The average Bonchev–Trinajstić information content (AvgIpc) is 3.23. The summed E-state index contributed by atoms with van der Waals surface area (Å²) in [6.45, 7) is 6.52. The zero-order chi connectivity index (χ0) is 16.2. The summed E-state index contributed by atoms with van der Waals surface area (Å²) in [5, 5.41) is 20.7. The third-order valence-electron chi connectivity index (χ3n) is 3.86. The molecular weight excluding hydrogens is 312 g/mol. The van der Waals surface area contributed by atoms with Crippen LogP contribution in [0.1, 0.15) is 59.2 Å². The van der Waals surface area contributed by atoms with Crippen LogP contribution in [0.2, 0.25) is 0 Å². The molecule has 3 heterocycles. The van der Waals surface area contributed by atoms with Crippen molar-refractivity contribution in [2.45, 2.75) is 45.2 Å². The van der Waals surface area contributed by atoms with E-state index >= 15 is 0 Å². The number of rotatable bonds is 5. The van der Waals surface area contributed by atoms with E-state index in [1.807, 2.05) is 10.9 Å². The molecule has 0 radical (unpaired) electrons. The molecule has 2 aromatic heterocycles. The Balaban J connectivity index is 1.56. The summed E-state index contributed by atoms with van der Waals surface area (Å²) in [7, 11) is 0. The topological polar surface area (TPSA) is 84.7 Å². The van der Waals surface area contributed by atoms with E-state index in [4.69, 9.17) is 0 Å². The number of nitrogens with one attached hydrogen (secondary N) is 2.